The number of anilines is 3. The van der Waals surface area contributed by atoms with Gasteiger partial charge in [-0.15, -0.1) is 0 Å². The summed E-state index contributed by atoms with van der Waals surface area (Å²) in [6, 6.07) is 22.5. The summed E-state index contributed by atoms with van der Waals surface area (Å²) in [6.45, 7) is 7.22. The minimum atomic E-state index is -3.85. The molecule has 0 unspecified atom stereocenters. The second kappa shape index (κ2) is 10.9. The van der Waals surface area contributed by atoms with Crippen LogP contribution in [0.1, 0.15) is 32.6 Å². The number of benzene rings is 4. The molecule has 0 aliphatic rings. The van der Waals surface area contributed by atoms with Crippen LogP contribution in [0.3, 0.4) is 0 Å². The maximum absolute atomic E-state index is 13.0. The lowest BCUT2D eigenvalue weighted by molar-refractivity contribution is 0.102. The average Bonchev–Trinajstić information content (AvgIpc) is 2.88. The minimum Gasteiger partial charge on any atom is -0.322 e. The highest BCUT2D eigenvalue weighted by molar-refractivity contribution is 7.93. The van der Waals surface area contributed by atoms with Crippen LogP contribution in [0.2, 0.25) is 0 Å². The summed E-state index contributed by atoms with van der Waals surface area (Å²) in [4.78, 5) is 13.2. The monoisotopic (exact) mass is 563 g/mol. The zero-order chi connectivity index (χ0) is 28.4. The predicted octanol–water partition coefficient (Wildman–Crippen LogP) is 5.77. The highest BCUT2D eigenvalue weighted by Gasteiger charge is 2.19. The van der Waals surface area contributed by atoms with Gasteiger partial charge in [-0.25, -0.2) is 16.8 Å². The van der Waals surface area contributed by atoms with Gasteiger partial charge in [-0.05, 0) is 99.0 Å². The van der Waals surface area contributed by atoms with E-state index in [2.05, 4.69) is 14.8 Å². The molecule has 0 heterocycles. The quantitative estimate of drug-likeness (QED) is 0.251. The highest BCUT2D eigenvalue weighted by atomic mass is 32.2. The van der Waals surface area contributed by atoms with Crippen LogP contribution in [0.25, 0.3) is 0 Å². The summed E-state index contributed by atoms with van der Waals surface area (Å²) in [7, 11) is -7.68. The second-order valence-corrected chi connectivity index (χ2v) is 12.7. The molecule has 0 bridgehead atoms. The molecule has 10 heteroatoms. The van der Waals surface area contributed by atoms with E-state index in [0.29, 0.717) is 16.9 Å². The molecule has 1 amide bonds. The molecule has 0 saturated carbocycles. The Labute approximate surface area is 229 Å². The van der Waals surface area contributed by atoms with Crippen LogP contribution in [0.5, 0.6) is 0 Å². The maximum atomic E-state index is 13.0. The summed E-state index contributed by atoms with van der Waals surface area (Å²) in [5.74, 6) is -0.465. The van der Waals surface area contributed by atoms with Gasteiger partial charge in [0.2, 0.25) is 0 Å². The van der Waals surface area contributed by atoms with Gasteiger partial charge in [-0.2, -0.15) is 0 Å². The Balaban J connectivity index is 1.49. The van der Waals surface area contributed by atoms with Gasteiger partial charge in [0.15, 0.2) is 0 Å². The molecule has 4 rings (SSSR count). The topological polar surface area (TPSA) is 121 Å². The number of rotatable bonds is 8. The largest absolute Gasteiger partial charge is 0.322 e. The van der Waals surface area contributed by atoms with Crippen LogP contribution in [0.4, 0.5) is 17.1 Å². The second-order valence-electron chi connectivity index (χ2n) is 9.30. The van der Waals surface area contributed by atoms with Crippen molar-refractivity contribution in [2.45, 2.75) is 37.5 Å². The molecule has 8 nitrogen and oxygen atoms in total. The van der Waals surface area contributed by atoms with Crippen molar-refractivity contribution in [3.05, 3.63) is 113 Å². The molecule has 0 saturated heterocycles. The van der Waals surface area contributed by atoms with Crippen molar-refractivity contribution in [2.24, 2.45) is 0 Å². The molecule has 0 fully saturated rings. The number of hydrogen-bond acceptors (Lipinski definition) is 5. The number of amides is 1. The first kappa shape index (κ1) is 27.9. The molecule has 0 atom stereocenters. The third-order valence-electron chi connectivity index (χ3n) is 6.21. The van der Waals surface area contributed by atoms with Gasteiger partial charge in [0.05, 0.1) is 21.2 Å². The zero-order valence-electron chi connectivity index (χ0n) is 21.9. The summed E-state index contributed by atoms with van der Waals surface area (Å²) < 4.78 is 56.6. The smallest absolute Gasteiger partial charge is 0.261 e. The van der Waals surface area contributed by atoms with Crippen LogP contribution in [-0.4, -0.2) is 22.7 Å². The van der Waals surface area contributed by atoms with E-state index in [9.17, 15) is 21.6 Å². The van der Waals surface area contributed by atoms with Gasteiger partial charge in [-0.3, -0.25) is 14.2 Å². The number of sulfonamides is 2. The Morgan fingerprint density at radius 3 is 1.77 bits per heavy atom. The Morgan fingerprint density at radius 1 is 0.615 bits per heavy atom. The van der Waals surface area contributed by atoms with Crippen LogP contribution in [0, 0.1) is 27.7 Å². The van der Waals surface area contributed by atoms with E-state index < -0.39 is 26.0 Å². The molecule has 39 heavy (non-hydrogen) atoms. The summed E-state index contributed by atoms with van der Waals surface area (Å²) in [6.07, 6.45) is 0. The SMILES string of the molecule is Cc1ccc(S(=O)(=O)Nc2cccc(C(=O)Nc3ccc(S(=O)(=O)Nc4cc(C)ccc4C)cc3)c2C)cc1. The van der Waals surface area contributed by atoms with E-state index in [1.807, 2.05) is 32.9 Å². The molecular formula is C29H29N3O5S2. The number of aryl methyl sites for hydroxylation is 3. The molecule has 3 N–H and O–H groups in total. The molecule has 0 radical (unpaired) electrons. The molecule has 0 aliphatic heterocycles. The van der Waals surface area contributed by atoms with E-state index in [1.54, 1.807) is 43.3 Å². The fourth-order valence-corrected chi connectivity index (χ4v) is 6.12. The van der Waals surface area contributed by atoms with Crippen molar-refractivity contribution in [3.63, 3.8) is 0 Å². The summed E-state index contributed by atoms with van der Waals surface area (Å²) in [5.41, 5.74) is 4.55. The van der Waals surface area contributed by atoms with Gasteiger partial charge in [0, 0.05) is 11.3 Å². The van der Waals surface area contributed by atoms with E-state index in [4.69, 9.17) is 0 Å². The zero-order valence-corrected chi connectivity index (χ0v) is 23.6. The van der Waals surface area contributed by atoms with Crippen LogP contribution >= 0.6 is 0 Å². The number of hydrogen-bond donors (Lipinski definition) is 3. The lowest BCUT2D eigenvalue weighted by Gasteiger charge is -2.14. The molecule has 0 aliphatic carbocycles. The lowest BCUT2D eigenvalue weighted by Crippen LogP contribution is -2.17. The molecule has 0 aromatic heterocycles. The first-order valence-electron chi connectivity index (χ1n) is 12.1. The van der Waals surface area contributed by atoms with E-state index in [1.165, 1.54) is 36.4 Å². The molecular weight excluding hydrogens is 534 g/mol. The Kier molecular flexibility index (Phi) is 7.80. The Morgan fingerprint density at radius 2 is 1.15 bits per heavy atom. The van der Waals surface area contributed by atoms with Crippen molar-refractivity contribution < 1.29 is 21.6 Å². The van der Waals surface area contributed by atoms with Crippen molar-refractivity contribution in [3.8, 4) is 0 Å². The first-order valence-corrected chi connectivity index (χ1v) is 15.0. The van der Waals surface area contributed by atoms with Crippen molar-refractivity contribution in [1.29, 1.82) is 0 Å². The summed E-state index contributed by atoms with van der Waals surface area (Å²) in [5, 5.41) is 2.74. The normalized spacial score (nSPS) is 11.6. The van der Waals surface area contributed by atoms with E-state index in [0.717, 1.165) is 16.7 Å². The fourth-order valence-electron chi connectivity index (χ4n) is 3.88. The predicted molar refractivity (Wildman–Crippen MR) is 154 cm³/mol. The highest BCUT2D eigenvalue weighted by Crippen LogP contribution is 2.25. The minimum absolute atomic E-state index is 0.0464. The maximum Gasteiger partial charge on any atom is 0.261 e. The molecule has 4 aromatic rings. The fraction of sp³-hybridized carbons (Fsp3) is 0.138. The average molecular weight is 564 g/mol. The van der Waals surface area contributed by atoms with E-state index in [-0.39, 0.29) is 21.0 Å². The van der Waals surface area contributed by atoms with Crippen LogP contribution in [0.15, 0.2) is 94.7 Å². The van der Waals surface area contributed by atoms with Gasteiger partial charge < -0.3 is 5.32 Å². The van der Waals surface area contributed by atoms with Gasteiger partial charge in [-0.1, -0.05) is 35.9 Å². The number of nitrogens with one attached hydrogen (secondary N) is 3. The van der Waals surface area contributed by atoms with Gasteiger partial charge in [0.1, 0.15) is 0 Å². The van der Waals surface area contributed by atoms with Gasteiger partial charge in [0.25, 0.3) is 26.0 Å². The van der Waals surface area contributed by atoms with Crippen molar-refractivity contribution in [1.82, 2.24) is 0 Å². The van der Waals surface area contributed by atoms with E-state index >= 15 is 0 Å². The summed E-state index contributed by atoms with van der Waals surface area (Å²) >= 11 is 0. The Bertz CT molecular complexity index is 1750. The number of carbonyl (C=O) groups is 1. The molecule has 0 spiro atoms. The van der Waals surface area contributed by atoms with Crippen molar-refractivity contribution in [2.75, 3.05) is 14.8 Å². The number of carbonyl (C=O) groups excluding carboxylic acids is 1. The molecule has 4 aromatic carbocycles. The lowest BCUT2D eigenvalue weighted by atomic mass is 10.1. The third-order valence-corrected chi connectivity index (χ3v) is 8.98. The Hall–Kier alpha value is -4.15. The van der Waals surface area contributed by atoms with Gasteiger partial charge >= 0.3 is 0 Å². The standard InChI is InChI=1S/C29H29N3O5S2/c1-19-9-14-24(15-10-19)38(34,35)31-27-7-5-6-26(22(27)4)29(33)30-23-12-16-25(17-13-23)39(36,37)32-28-18-20(2)8-11-21(28)3/h5-18,31-32H,1-4H3,(H,30,33). The van der Waals surface area contributed by atoms with Crippen molar-refractivity contribution >= 4 is 43.0 Å². The van der Waals surface area contributed by atoms with Crippen LogP contribution in [-0.2, 0) is 20.0 Å². The third kappa shape index (κ3) is 6.47. The first-order chi connectivity index (χ1) is 18.4. The molecule has 202 valence electrons. The van der Waals surface area contributed by atoms with Crippen LogP contribution < -0.4 is 14.8 Å².